The number of nitrogens with two attached hydrogens (primary N) is 1. The summed E-state index contributed by atoms with van der Waals surface area (Å²) in [5, 5.41) is 0. The first kappa shape index (κ1) is 17.4. The Morgan fingerprint density at radius 2 is 2.00 bits per heavy atom. The molecule has 1 fully saturated rings. The molecule has 1 aliphatic rings. The first-order valence-corrected chi connectivity index (χ1v) is 8.18. The van der Waals surface area contributed by atoms with Crippen LogP contribution in [0.5, 0.6) is 5.75 Å². The summed E-state index contributed by atoms with van der Waals surface area (Å²) in [6.07, 6.45) is 1.67. The van der Waals surface area contributed by atoms with Crippen LogP contribution in [0.2, 0.25) is 0 Å². The van der Waals surface area contributed by atoms with E-state index in [0.29, 0.717) is 24.4 Å². The van der Waals surface area contributed by atoms with Gasteiger partial charge < -0.3 is 15.4 Å². The van der Waals surface area contributed by atoms with Gasteiger partial charge in [-0.25, -0.2) is 8.78 Å². The van der Waals surface area contributed by atoms with Gasteiger partial charge >= 0.3 is 0 Å². The first-order chi connectivity index (χ1) is 12.0. The van der Waals surface area contributed by atoms with Crippen molar-refractivity contribution in [1.82, 2.24) is 4.90 Å². The molecule has 1 amide bonds. The molecule has 2 aromatic carbocycles. The van der Waals surface area contributed by atoms with Crippen molar-refractivity contribution in [2.45, 2.75) is 18.9 Å². The number of hydrogen-bond acceptors (Lipinski definition) is 3. The smallest absolute Gasteiger partial charge is 0.256 e. The van der Waals surface area contributed by atoms with Crippen molar-refractivity contribution in [2.24, 2.45) is 5.73 Å². The zero-order valence-electron chi connectivity index (χ0n) is 14.0. The lowest BCUT2D eigenvalue weighted by molar-refractivity contribution is 0.0704. The average Bonchev–Trinajstić information content (AvgIpc) is 2.61. The first-order valence-electron chi connectivity index (χ1n) is 8.18. The number of carbonyl (C=O) groups is 1. The Morgan fingerprint density at radius 3 is 2.64 bits per heavy atom. The molecule has 2 aromatic rings. The molecule has 0 saturated carbocycles. The molecule has 0 aromatic heterocycles. The van der Waals surface area contributed by atoms with Gasteiger partial charge in [-0.2, -0.15) is 0 Å². The highest BCUT2D eigenvalue weighted by molar-refractivity contribution is 5.95. The van der Waals surface area contributed by atoms with E-state index >= 15 is 0 Å². The highest BCUT2D eigenvalue weighted by atomic mass is 19.1. The van der Waals surface area contributed by atoms with Crippen LogP contribution >= 0.6 is 0 Å². The van der Waals surface area contributed by atoms with Gasteiger partial charge in [0.1, 0.15) is 17.4 Å². The predicted molar refractivity (Wildman–Crippen MR) is 91.5 cm³/mol. The van der Waals surface area contributed by atoms with Crippen LogP contribution in [-0.2, 0) is 0 Å². The molecule has 1 heterocycles. The van der Waals surface area contributed by atoms with Gasteiger partial charge in [-0.1, -0.05) is 6.07 Å². The highest BCUT2D eigenvalue weighted by Crippen LogP contribution is 2.28. The number of likely N-dealkylation sites (tertiary alicyclic amines) is 1. The fourth-order valence-corrected chi connectivity index (χ4v) is 3.08. The third-order valence-electron chi connectivity index (χ3n) is 4.43. The number of piperidine rings is 1. The SMILES string of the molecule is COc1ccc(-c2ccc(C(=O)N3CCCC(N)C3)c(F)c2)c(F)c1. The number of ether oxygens (including phenoxy) is 1. The van der Waals surface area contributed by atoms with Crippen LogP contribution < -0.4 is 10.5 Å². The summed E-state index contributed by atoms with van der Waals surface area (Å²) >= 11 is 0. The Hall–Kier alpha value is -2.47. The largest absolute Gasteiger partial charge is 0.497 e. The van der Waals surface area contributed by atoms with Crippen molar-refractivity contribution >= 4 is 5.91 Å². The van der Waals surface area contributed by atoms with E-state index in [-0.39, 0.29) is 23.1 Å². The Labute approximate surface area is 145 Å². The Bertz CT molecular complexity index is 795. The molecule has 3 rings (SSSR count). The number of halogens is 2. The zero-order valence-corrected chi connectivity index (χ0v) is 14.0. The summed E-state index contributed by atoms with van der Waals surface area (Å²) in [6.45, 7) is 0.994. The lowest BCUT2D eigenvalue weighted by Gasteiger charge is -2.31. The molecule has 25 heavy (non-hydrogen) atoms. The minimum Gasteiger partial charge on any atom is -0.497 e. The molecule has 0 spiro atoms. The van der Waals surface area contributed by atoms with Crippen molar-refractivity contribution in [3.05, 3.63) is 53.6 Å². The summed E-state index contributed by atoms with van der Waals surface area (Å²) < 4.78 is 33.6. The van der Waals surface area contributed by atoms with E-state index < -0.39 is 11.6 Å². The number of benzene rings is 2. The lowest BCUT2D eigenvalue weighted by atomic mass is 10.0. The Balaban J connectivity index is 1.87. The van der Waals surface area contributed by atoms with Crippen molar-refractivity contribution in [1.29, 1.82) is 0 Å². The second kappa shape index (κ2) is 7.19. The number of rotatable bonds is 3. The van der Waals surface area contributed by atoms with Crippen molar-refractivity contribution in [2.75, 3.05) is 20.2 Å². The molecule has 132 valence electrons. The van der Waals surface area contributed by atoms with Crippen LogP contribution in [0, 0.1) is 11.6 Å². The van der Waals surface area contributed by atoms with Crippen LogP contribution in [0.25, 0.3) is 11.1 Å². The molecule has 2 N–H and O–H groups in total. The highest BCUT2D eigenvalue weighted by Gasteiger charge is 2.24. The van der Waals surface area contributed by atoms with Crippen LogP contribution in [0.1, 0.15) is 23.2 Å². The Morgan fingerprint density at radius 1 is 1.20 bits per heavy atom. The minimum absolute atomic E-state index is 0.0215. The van der Waals surface area contributed by atoms with E-state index in [2.05, 4.69) is 0 Å². The maximum Gasteiger partial charge on any atom is 0.256 e. The van der Waals surface area contributed by atoms with E-state index in [1.54, 1.807) is 17.0 Å². The van der Waals surface area contributed by atoms with Crippen LogP contribution in [0.3, 0.4) is 0 Å². The molecule has 0 bridgehead atoms. The van der Waals surface area contributed by atoms with Gasteiger partial charge in [-0.3, -0.25) is 4.79 Å². The molecule has 6 heteroatoms. The number of hydrogen-bond donors (Lipinski definition) is 1. The van der Waals surface area contributed by atoms with E-state index in [0.717, 1.165) is 12.8 Å². The molecule has 1 aliphatic heterocycles. The second-order valence-corrected chi connectivity index (χ2v) is 6.19. The van der Waals surface area contributed by atoms with Gasteiger partial charge in [0.15, 0.2) is 0 Å². The van der Waals surface area contributed by atoms with E-state index in [4.69, 9.17) is 10.5 Å². The standard InChI is InChI=1S/C19H20F2N2O2/c1-25-14-5-7-15(18(21)10-14)12-4-6-16(17(20)9-12)19(24)23-8-2-3-13(22)11-23/h4-7,9-10,13H,2-3,8,11,22H2,1H3. The van der Waals surface area contributed by atoms with Crippen molar-refractivity contribution < 1.29 is 18.3 Å². The van der Waals surface area contributed by atoms with E-state index in [9.17, 15) is 13.6 Å². The molecule has 0 radical (unpaired) electrons. The van der Waals surface area contributed by atoms with Gasteiger partial charge in [-0.15, -0.1) is 0 Å². The Kier molecular flexibility index (Phi) is 4.99. The summed E-state index contributed by atoms with van der Waals surface area (Å²) in [4.78, 5) is 14.1. The fourth-order valence-electron chi connectivity index (χ4n) is 3.08. The van der Waals surface area contributed by atoms with Crippen molar-refractivity contribution in [3.8, 4) is 16.9 Å². The molecule has 1 saturated heterocycles. The monoisotopic (exact) mass is 346 g/mol. The number of methoxy groups -OCH3 is 1. The van der Waals surface area contributed by atoms with Crippen LogP contribution in [0.15, 0.2) is 36.4 Å². The third-order valence-corrected chi connectivity index (χ3v) is 4.43. The predicted octanol–water partition coefficient (Wildman–Crippen LogP) is 3.20. The quantitative estimate of drug-likeness (QED) is 0.928. The van der Waals surface area contributed by atoms with Gasteiger partial charge in [0.25, 0.3) is 5.91 Å². The van der Waals surface area contributed by atoms with E-state index in [1.807, 2.05) is 0 Å². The normalized spacial score (nSPS) is 17.4. The summed E-state index contributed by atoms with van der Waals surface area (Å²) in [5.74, 6) is -1.18. The molecule has 1 atom stereocenters. The molecular weight excluding hydrogens is 326 g/mol. The van der Waals surface area contributed by atoms with Crippen LogP contribution in [-0.4, -0.2) is 37.0 Å². The van der Waals surface area contributed by atoms with Gasteiger partial charge in [0.05, 0.1) is 12.7 Å². The minimum atomic E-state index is -0.670. The maximum atomic E-state index is 14.5. The molecule has 0 aliphatic carbocycles. The lowest BCUT2D eigenvalue weighted by Crippen LogP contribution is -2.45. The second-order valence-electron chi connectivity index (χ2n) is 6.19. The molecule has 4 nitrogen and oxygen atoms in total. The van der Waals surface area contributed by atoms with Crippen LogP contribution in [0.4, 0.5) is 8.78 Å². The summed E-state index contributed by atoms with van der Waals surface area (Å²) in [6, 6.07) is 8.41. The molecule has 1 unspecified atom stereocenters. The average molecular weight is 346 g/mol. The zero-order chi connectivity index (χ0) is 18.0. The topological polar surface area (TPSA) is 55.6 Å². The number of carbonyl (C=O) groups excluding carboxylic acids is 1. The number of amides is 1. The third kappa shape index (κ3) is 3.64. The number of nitrogens with zero attached hydrogens (tertiary/aromatic N) is 1. The summed E-state index contributed by atoms with van der Waals surface area (Å²) in [7, 11) is 1.45. The van der Waals surface area contributed by atoms with Gasteiger partial charge in [-0.05, 0) is 42.7 Å². The van der Waals surface area contributed by atoms with E-state index in [1.165, 1.54) is 31.4 Å². The van der Waals surface area contributed by atoms with Gasteiger partial charge in [0.2, 0.25) is 0 Å². The molecular formula is C19H20F2N2O2. The maximum absolute atomic E-state index is 14.5. The summed E-state index contributed by atoms with van der Waals surface area (Å²) in [5.41, 5.74) is 6.47. The van der Waals surface area contributed by atoms with Crippen molar-refractivity contribution in [3.63, 3.8) is 0 Å². The fraction of sp³-hybridized carbons (Fsp3) is 0.316. The van der Waals surface area contributed by atoms with Gasteiger partial charge in [0, 0.05) is 30.8 Å².